The smallest absolute Gasteiger partial charge is 0.236 e. The van der Waals surface area contributed by atoms with Crippen LogP contribution in [-0.4, -0.2) is 40.9 Å². The Morgan fingerprint density at radius 3 is 2.17 bits per heavy atom. The van der Waals surface area contributed by atoms with E-state index in [9.17, 15) is 24.7 Å². The van der Waals surface area contributed by atoms with Gasteiger partial charge in [0.25, 0.3) is 0 Å². The van der Waals surface area contributed by atoms with E-state index in [0.29, 0.717) is 5.41 Å². The van der Waals surface area contributed by atoms with Crippen molar-refractivity contribution in [2.24, 2.45) is 22.2 Å². The molecule has 2 aromatic carbocycles. The summed E-state index contributed by atoms with van der Waals surface area (Å²) in [6, 6.07) is 13.1. The van der Waals surface area contributed by atoms with Gasteiger partial charge in [0, 0.05) is 0 Å². The van der Waals surface area contributed by atoms with Gasteiger partial charge >= 0.3 is 0 Å². The van der Waals surface area contributed by atoms with Crippen LogP contribution in [0, 0.1) is 16.2 Å². The fourth-order valence-corrected chi connectivity index (χ4v) is 2.56. The van der Waals surface area contributed by atoms with Crippen molar-refractivity contribution in [2.75, 3.05) is 6.54 Å². The molecule has 0 saturated heterocycles. The van der Waals surface area contributed by atoms with E-state index in [2.05, 4.69) is 38.2 Å². The number of nitrogens with two attached hydrogens (primary N) is 1. The Hall–Kier alpha value is -2.84. The number of primary amides is 1. The number of aliphatic hydroxyl groups excluding tert-OH is 2. The Morgan fingerprint density at radius 2 is 1.63 bits per heavy atom. The Balaban J connectivity index is 0.000000804. The van der Waals surface area contributed by atoms with Crippen LogP contribution in [0.1, 0.15) is 33.3 Å². The highest BCUT2D eigenvalue weighted by molar-refractivity contribution is 5.86. The van der Waals surface area contributed by atoms with Crippen molar-refractivity contribution in [3.05, 3.63) is 52.9 Å². The number of aliphatic hydroxyl groups is 2. The SMILES string of the molecule is CC(C)(C)C.NC(=O)CNC(=O)[C@H](Cc1ccc2ccccc2c1)[C@H](O)C(O)N=O. The van der Waals surface area contributed by atoms with Crippen LogP contribution >= 0.6 is 0 Å². The summed E-state index contributed by atoms with van der Waals surface area (Å²) >= 11 is 0. The van der Waals surface area contributed by atoms with Crippen molar-refractivity contribution in [2.45, 2.75) is 46.4 Å². The van der Waals surface area contributed by atoms with Crippen molar-refractivity contribution in [1.82, 2.24) is 5.32 Å². The van der Waals surface area contributed by atoms with Gasteiger partial charge in [-0.1, -0.05) is 70.2 Å². The van der Waals surface area contributed by atoms with Crippen LogP contribution in [0.5, 0.6) is 0 Å². The molecule has 0 saturated carbocycles. The second-order valence-electron chi connectivity index (χ2n) is 8.69. The maximum Gasteiger partial charge on any atom is 0.236 e. The zero-order valence-electron chi connectivity index (χ0n) is 17.8. The Morgan fingerprint density at radius 1 is 1.07 bits per heavy atom. The first-order valence-corrected chi connectivity index (χ1v) is 9.64. The summed E-state index contributed by atoms with van der Waals surface area (Å²) in [5.74, 6) is -2.63. The molecular formula is C22H31N3O5. The molecule has 30 heavy (non-hydrogen) atoms. The van der Waals surface area contributed by atoms with Gasteiger partial charge in [0.1, 0.15) is 6.10 Å². The highest BCUT2D eigenvalue weighted by atomic mass is 16.4. The molecule has 0 heterocycles. The molecule has 8 heteroatoms. The second kappa shape index (κ2) is 11.4. The number of fused-ring (bicyclic) bond motifs is 1. The highest BCUT2D eigenvalue weighted by Gasteiger charge is 2.33. The lowest BCUT2D eigenvalue weighted by Gasteiger charge is -2.23. The number of benzene rings is 2. The summed E-state index contributed by atoms with van der Waals surface area (Å²) in [5, 5.41) is 26.1. The number of hydrogen-bond acceptors (Lipinski definition) is 6. The number of hydrogen-bond donors (Lipinski definition) is 4. The molecule has 0 fully saturated rings. The lowest BCUT2D eigenvalue weighted by Crippen LogP contribution is -2.45. The van der Waals surface area contributed by atoms with Crippen molar-refractivity contribution in [3.63, 3.8) is 0 Å². The Labute approximate surface area is 176 Å². The van der Waals surface area contributed by atoms with Gasteiger partial charge in [-0.3, -0.25) is 9.59 Å². The van der Waals surface area contributed by atoms with E-state index in [0.717, 1.165) is 16.3 Å². The Bertz CT molecular complexity index is 857. The fraction of sp³-hybridized carbons (Fsp3) is 0.455. The summed E-state index contributed by atoms with van der Waals surface area (Å²) < 4.78 is 0. The summed E-state index contributed by atoms with van der Waals surface area (Å²) in [7, 11) is 0. The van der Waals surface area contributed by atoms with E-state index >= 15 is 0 Å². The number of rotatable bonds is 8. The molecule has 2 rings (SSSR count). The third-order valence-electron chi connectivity index (χ3n) is 3.87. The first-order valence-electron chi connectivity index (χ1n) is 9.64. The van der Waals surface area contributed by atoms with Gasteiger partial charge in [-0.2, -0.15) is 0 Å². The zero-order chi connectivity index (χ0) is 22.9. The predicted molar refractivity (Wildman–Crippen MR) is 116 cm³/mol. The maximum atomic E-state index is 12.2. The van der Waals surface area contributed by atoms with Crippen molar-refractivity contribution in [3.8, 4) is 0 Å². The quantitative estimate of drug-likeness (QED) is 0.487. The van der Waals surface area contributed by atoms with Crippen molar-refractivity contribution >= 4 is 22.6 Å². The summed E-state index contributed by atoms with van der Waals surface area (Å²) in [4.78, 5) is 33.6. The minimum Gasteiger partial charge on any atom is -0.387 e. The largest absolute Gasteiger partial charge is 0.387 e. The van der Waals surface area contributed by atoms with E-state index in [1.54, 1.807) is 6.07 Å². The summed E-state index contributed by atoms with van der Waals surface area (Å²) in [6.07, 6.45) is -3.62. The number of carbonyl (C=O) groups excluding carboxylic acids is 2. The van der Waals surface area contributed by atoms with Gasteiger partial charge in [-0.05, 0) is 33.3 Å². The molecule has 0 aromatic heterocycles. The van der Waals surface area contributed by atoms with Crippen molar-refractivity contribution in [1.29, 1.82) is 0 Å². The van der Waals surface area contributed by atoms with E-state index in [4.69, 9.17) is 5.73 Å². The lowest BCUT2D eigenvalue weighted by atomic mass is 9.91. The van der Waals surface area contributed by atoms with Gasteiger partial charge < -0.3 is 21.3 Å². The van der Waals surface area contributed by atoms with E-state index in [1.165, 1.54) is 0 Å². The number of nitrogens with one attached hydrogen (secondary N) is 1. The summed E-state index contributed by atoms with van der Waals surface area (Å²) in [6.45, 7) is 8.34. The molecule has 0 aliphatic rings. The molecule has 3 atom stereocenters. The molecule has 1 unspecified atom stereocenters. The standard InChI is InChI=1S/C17H19N3O5.C5H12/c18-14(21)9-19-16(23)13(15(22)17(24)20-25)8-10-5-6-11-3-1-2-4-12(11)7-10;1-5(2,3)4/h1-7,13,15,17,22,24H,8-9H2,(H2,18,21)(H,19,23);1-4H3/t13-,15+,17?;/m1./s1. The molecule has 0 radical (unpaired) electrons. The lowest BCUT2D eigenvalue weighted by molar-refractivity contribution is -0.133. The molecule has 0 spiro atoms. The van der Waals surface area contributed by atoms with Crippen LogP contribution in [0.3, 0.4) is 0 Å². The number of amides is 2. The second-order valence-corrected chi connectivity index (χ2v) is 8.69. The molecule has 2 amide bonds. The normalized spacial score (nSPS) is 14.1. The Kier molecular flexibility index (Phi) is 9.55. The van der Waals surface area contributed by atoms with Crippen LogP contribution in [-0.2, 0) is 16.0 Å². The maximum absolute atomic E-state index is 12.2. The first-order chi connectivity index (χ1) is 13.9. The van der Waals surface area contributed by atoms with Gasteiger partial charge in [0.15, 0.2) is 0 Å². The minimum atomic E-state index is -1.95. The average molecular weight is 418 g/mol. The third kappa shape index (κ3) is 9.11. The molecule has 0 aliphatic heterocycles. The van der Waals surface area contributed by atoms with E-state index < -0.39 is 36.6 Å². The van der Waals surface area contributed by atoms with Gasteiger partial charge in [0.05, 0.1) is 12.5 Å². The van der Waals surface area contributed by atoms with Gasteiger partial charge in [0.2, 0.25) is 18.0 Å². The van der Waals surface area contributed by atoms with Crippen LogP contribution in [0.25, 0.3) is 10.8 Å². The monoisotopic (exact) mass is 417 g/mol. The highest BCUT2D eigenvalue weighted by Crippen LogP contribution is 2.21. The minimum absolute atomic E-state index is 0.0448. The number of nitroso groups, excluding NO2 is 1. The van der Waals surface area contributed by atoms with Crippen LogP contribution in [0.15, 0.2) is 47.6 Å². The summed E-state index contributed by atoms with van der Waals surface area (Å²) in [5.41, 5.74) is 6.20. The fourth-order valence-electron chi connectivity index (χ4n) is 2.56. The van der Waals surface area contributed by atoms with Crippen molar-refractivity contribution < 1.29 is 19.8 Å². The van der Waals surface area contributed by atoms with Crippen LogP contribution in [0.4, 0.5) is 0 Å². The van der Waals surface area contributed by atoms with Gasteiger partial charge in [-0.15, -0.1) is 4.91 Å². The average Bonchev–Trinajstić information content (AvgIpc) is 2.67. The molecule has 8 nitrogen and oxygen atoms in total. The van der Waals surface area contributed by atoms with Gasteiger partial charge in [-0.25, -0.2) is 0 Å². The molecule has 164 valence electrons. The number of carbonyl (C=O) groups is 2. The predicted octanol–water partition coefficient (Wildman–Crippen LogP) is 2.10. The zero-order valence-corrected chi connectivity index (χ0v) is 17.8. The topological polar surface area (TPSA) is 142 Å². The molecule has 5 N–H and O–H groups in total. The molecule has 0 bridgehead atoms. The van der Waals surface area contributed by atoms with Crippen LogP contribution in [0.2, 0.25) is 0 Å². The third-order valence-corrected chi connectivity index (χ3v) is 3.87. The molecular weight excluding hydrogens is 386 g/mol. The number of nitrogens with zero attached hydrogens (tertiary/aromatic N) is 1. The first kappa shape index (κ1) is 25.2. The molecule has 0 aliphatic carbocycles. The van der Waals surface area contributed by atoms with Crippen LogP contribution < -0.4 is 11.1 Å². The van der Waals surface area contributed by atoms with E-state index in [-0.39, 0.29) is 6.42 Å². The van der Waals surface area contributed by atoms with E-state index in [1.807, 2.05) is 36.4 Å². The molecule has 2 aromatic rings.